The molecule has 1 heterocycles. The minimum atomic E-state index is -2.97. The third-order valence-corrected chi connectivity index (χ3v) is 5.93. The Hall–Kier alpha value is -1.31. The predicted molar refractivity (Wildman–Crippen MR) is 76.8 cm³/mol. The van der Waals surface area contributed by atoms with Gasteiger partial charge in [-0.1, -0.05) is 12.8 Å². The van der Waals surface area contributed by atoms with Crippen LogP contribution in [0.15, 0.2) is 0 Å². The van der Waals surface area contributed by atoms with E-state index in [9.17, 15) is 18.0 Å². The monoisotopic (exact) mass is 318 g/mol. The van der Waals surface area contributed by atoms with Crippen LogP contribution in [0.2, 0.25) is 0 Å². The van der Waals surface area contributed by atoms with Gasteiger partial charge in [-0.15, -0.1) is 0 Å². The summed E-state index contributed by atoms with van der Waals surface area (Å²) in [5.74, 6) is -0.857. The Balaban J connectivity index is 1.93. The molecule has 0 radical (unpaired) electrons. The zero-order valence-electron chi connectivity index (χ0n) is 12.0. The molecule has 2 rings (SSSR count). The molecule has 1 aliphatic heterocycles. The van der Waals surface area contributed by atoms with Crippen LogP contribution in [0.3, 0.4) is 0 Å². The number of aliphatic carboxylic acids is 1. The SMILES string of the molecule is O=C(O)CN(C(=O)NC1CCS(=O)(=O)CC1)C1CCCC1. The number of amides is 2. The van der Waals surface area contributed by atoms with Crippen molar-refractivity contribution in [2.45, 2.75) is 50.6 Å². The molecule has 1 saturated carbocycles. The van der Waals surface area contributed by atoms with Gasteiger partial charge in [-0.2, -0.15) is 0 Å². The van der Waals surface area contributed by atoms with Crippen molar-refractivity contribution in [2.75, 3.05) is 18.1 Å². The van der Waals surface area contributed by atoms with Crippen LogP contribution in [-0.4, -0.2) is 60.6 Å². The second-order valence-corrected chi connectivity index (χ2v) is 8.14. The highest BCUT2D eigenvalue weighted by Gasteiger charge is 2.31. The fourth-order valence-electron chi connectivity index (χ4n) is 3.02. The predicted octanol–water partition coefficient (Wildman–Crippen LogP) is 0.602. The van der Waals surface area contributed by atoms with Crippen LogP contribution in [0.25, 0.3) is 0 Å². The first-order valence-electron chi connectivity index (χ1n) is 7.37. The lowest BCUT2D eigenvalue weighted by molar-refractivity contribution is -0.138. The summed E-state index contributed by atoms with van der Waals surface area (Å²) >= 11 is 0. The average Bonchev–Trinajstić information content (AvgIpc) is 2.92. The maximum absolute atomic E-state index is 12.3. The summed E-state index contributed by atoms with van der Waals surface area (Å²) in [5.41, 5.74) is 0. The van der Waals surface area contributed by atoms with Crippen molar-refractivity contribution < 1.29 is 23.1 Å². The Morgan fingerprint density at radius 3 is 2.19 bits per heavy atom. The van der Waals surface area contributed by atoms with Crippen molar-refractivity contribution >= 4 is 21.8 Å². The van der Waals surface area contributed by atoms with Crippen LogP contribution in [-0.2, 0) is 14.6 Å². The molecule has 21 heavy (non-hydrogen) atoms. The smallest absolute Gasteiger partial charge is 0.323 e. The standard InChI is InChI=1S/C13H22N2O5S/c16-12(17)9-15(11-3-1-2-4-11)13(18)14-10-5-7-21(19,20)8-6-10/h10-11H,1-9H2,(H,14,18)(H,16,17). The second-order valence-electron chi connectivity index (χ2n) is 5.84. The lowest BCUT2D eigenvalue weighted by atomic mass is 10.1. The van der Waals surface area contributed by atoms with Crippen LogP contribution < -0.4 is 5.32 Å². The maximum Gasteiger partial charge on any atom is 0.323 e. The summed E-state index contributed by atoms with van der Waals surface area (Å²) in [6.07, 6.45) is 4.49. The van der Waals surface area contributed by atoms with Gasteiger partial charge in [-0.3, -0.25) is 4.79 Å². The Morgan fingerprint density at radius 2 is 1.67 bits per heavy atom. The molecule has 0 aromatic carbocycles. The highest BCUT2D eigenvalue weighted by molar-refractivity contribution is 7.91. The molecule has 7 nitrogen and oxygen atoms in total. The first-order valence-corrected chi connectivity index (χ1v) is 9.19. The molecule has 1 aliphatic carbocycles. The van der Waals surface area contributed by atoms with Crippen molar-refractivity contribution in [3.63, 3.8) is 0 Å². The third kappa shape index (κ3) is 4.59. The molecule has 0 unspecified atom stereocenters. The van der Waals surface area contributed by atoms with E-state index in [0.29, 0.717) is 12.8 Å². The Kier molecular flexibility index (Phi) is 5.08. The summed E-state index contributed by atoms with van der Waals surface area (Å²) < 4.78 is 22.7. The van der Waals surface area contributed by atoms with Gasteiger partial charge in [0.25, 0.3) is 0 Å². The van der Waals surface area contributed by atoms with Gasteiger partial charge in [0.2, 0.25) is 0 Å². The quantitative estimate of drug-likeness (QED) is 0.790. The van der Waals surface area contributed by atoms with E-state index in [4.69, 9.17) is 5.11 Å². The first kappa shape index (κ1) is 16.1. The van der Waals surface area contributed by atoms with Crippen molar-refractivity contribution in [1.29, 1.82) is 0 Å². The van der Waals surface area contributed by atoms with E-state index in [2.05, 4.69) is 5.32 Å². The number of rotatable bonds is 4. The van der Waals surface area contributed by atoms with Crippen molar-refractivity contribution in [1.82, 2.24) is 10.2 Å². The number of carboxylic acids is 1. The van der Waals surface area contributed by atoms with E-state index in [1.165, 1.54) is 4.90 Å². The van der Waals surface area contributed by atoms with Crippen molar-refractivity contribution in [3.05, 3.63) is 0 Å². The molecule has 2 aliphatic rings. The van der Waals surface area contributed by atoms with E-state index < -0.39 is 15.8 Å². The number of hydrogen-bond acceptors (Lipinski definition) is 4. The number of carbonyl (C=O) groups excluding carboxylic acids is 1. The lowest BCUT2D eigenvalue weighted by Crippen LogP contribution is -2.51. The van der Waals surface area contributed by atoms with E-state index >= 15 is 0 Å². The Bertz CT molecular complexity index is 485. The van der Waals surface area contributed by atoms with E-state index in [1.807, 2.05) is 0 Å². The highest BCUT2D eigenvalue weighted by atomic mass is 32.2. The van der Waals surface area contributed by atoms with E-state index in [1.54, 1.807) is 0 Å². The fourth-order valence-corrected chi connectivity index (χ4v) is 4.51. The summed E-state index contributed by atoms with van der Waals surface area (Å²) in [4.78, 5) is 24.6. The molecule has 2 fully saturated rings. The normalized spacial score (nSPS) is 22.9. The molecular formula is C13H22N2O5S. The molecule has 1 saturated heterocycles. The Labute approximate surface area is 124 Å². The van der Waals surface area contributed by atoms with Crippen molar-refractivity contribution in [2.24, 2.45) is 0 Å². The largest absolute Gasteiger partial charge is 0.480 e. The molecule has 2 amide bonds. The first-order chi connectivity index (χ1) is 9.87. The third-order valence-electron chi connectivity index (χ3n) is 4.21. The van der Waals surface area contributed by atoms with Crippen LogP contribution in [0.4, 0.5) is 4.79 Å². The topological polar surface area (TPSA) is 104 Å². The number of nitrogens with zero attached hydrogens (tertiary/aromatic N) is 1. The van der Waals surface area contributed by atoms with Gasteiger partial charge in [0.15, 0.2) is 0 Å². The minimum Gasteiger partial charge on any atom is -0.480 e. The number of nitrogens with one attached hydrogen (secondary N) is 1. The van der Waals surface area contributed by atoms with Gasteiger partial charge < -0.3 is 15.3 Å². The maximum atomic E-state index is 12.3. The zero-order chi connectivity index (χ0) is 15.5. The number of carbonyl (C=O) groups is 2. The minimum absolute atomic E-state index is 0.0200. The highest BCUT2D eigenvalue weighted by Crippen LogP contribution is 2.23. The molecule has 120 valence electrons. The van der Waals surface area contributed by atoms with Gasteiger partial charge in [-0.05, 0) is 25.7 Å². The van der Waals surface area contributed by atoms with Gasteiger partial charge >= 0.3 is 12.0 Å². The number of carboxylic acid groups (broad SMARTS) is 1. The Morgan fingerprint density at radius 1 is 1.10 bits per heavy atom. The van der Waals surface area contributed by atoms with Gasteiger partial charge in [-0.25, -0.2) is 13.2 Å². The summed E-state index contributed by atoms with van der Waals surface area (Å²) in [5, 5.41) is 11.8. The van der Waals surface area contributed by atoms with Crippen LogP contribution in [0.5, 0.6) is 0 Å². The van der Waals surface area contributed by atoms with E-state index in [-0.39, 0.29) is 36.2 Å². The zero-order valence-corrected chi connectivity index (χ0v) is 12.8. The number of hydrogen-bond donors (Lipinski definition) is 2. The summed E-state index contributed by atoms with van der Waals surface area (Å²) in [6, 6.07) is -0.583. The molecule has 8 heteroatoms. The number of sulfone groups is 1. The molecule has 0 bridgehead atoms. The van der Waals surface area contributed by atoms with Crippen LogP contribution >= 0.6 is 0 Å². The molecule has 0 aromatic rings. The molecule has 0 aromatic heterocycles. The summed E-state index contributed by atoms with van der Waals surface area (Å²) in [6.45, 7) is -0.304. The number of urea groups is 1. The van der Waals surface area contributed by atoms with Crippen LogP contribution in [0.1, 0.15) is 38.5 Å². The molecule has 0 atom stereocenters. The molecule has 2 N–H and O–H groups in total. The second kappa shape index (κ2) is 6.64. The van der Waals surface area contributed by atoms with Gasteiger partial charge in [0, 0.05) is 12.1 Å². The van der Waals surface area contributed by atoms with Crippen LogP contribution in [0, 0.1) is 0 Å². The average molecular weight is 318 g/mol. The molecule has 0 spiro atoms. The van der Waals surface area contributed by atoms with Crippen molar-refractivity contribution in [3.8, 4) is 0 Å². The van der Waals surface area contributed by atoms with Gasteiger partial charge in [0.1, 0.15) is 16.4 Å². The van der Waals surface area contributed by atoms with Gasteiger partial charge in [0.05, 0.1) is 11.5 Å². The molecular weight excluding hydrogens is 296 g/mol. The summed E-state index contributed by atoms with van der Waals surface area (Å²) in [7, 11) is -2.97. The lowest BCUT2D eigenvalue weighted by Gasteiger charge is -2.31. The fraction of sp³-hybridized carbons (Fsp3) is 0.846. The van der Waals surface area contributed by atoms with E-state index in [0.717, 1.165) is 25.7 Å².